The van der Waals surface area contributed by atoms with Crippen molar-refractivity contribution in [3.63, 3.8) is 0 Å². The molecule has 7 nitrogen and oxygen atoms in total. The van der Waals surface area contributed by atoms with Gasteiger partial charge in [0.05, 0.1) is 0 Å². The maximum atomic E-state index is 12.4. The summed E-state index contributed by atoms with van der Waals surface area (Å²) in [7, 11) is 0. The predicted octanol–water partition coefficient (Wildman–Crippen LogP) is 2.25. The Balaban J connectivity index is 2.63. The number of hydrogen-bond donors (Lipinski definition) is 3. The molecule has 0 aliphatic carbocycles. The monoisotopic (exact) mass is 360 g/mol. The molecule has 0 unspecified atom stereocenters. The van der Waals surface area contributed by atoms with Gasteiger partial charge in [0.2, 0.25) is 11.8 Å². The lowest BCUT2D eigenvalue weighted by Crippen LogP contribution is -2.53. The average Bonchev–Trinajstić information content (AvgIpc) is 2.59. The Morgan fingerprint density at radius 1 is 1.08 bits per heavy atom. The van der Waals surface area contributed by atoms with E-state index in [1.54, 1.807) is 45.0 Å². The van der Waals surface area contributed by atoms with Crippen molar-refractivity contribution in [3.05, 3.63) is 49.4 Å². The lowest BCUT2D eigenvalue weighted by Gasteiger charge is -2.23. The molecule has 3 N–H and O–H groups in total. The molecule has 0 fully saturated rings. The third-order valence-electron chi connectivity index (χ3n) is 3.53. The van der Waals surface area contributed by atoms with Crippen LogP contribution in [0.3, 0.4) is 0 Å². The summed E-state index contributed by atoms with van der Waals surface area (Å²) in [6.45, 7) is 12.4. The molecule has 26 heavy (non-hydrogen) atoms. The molecule has 7 heteroatoms. The third-order valence-corrected chi connectivity index (χ3v) is 3.53. The van der Waals surface area contributed by atoms with Crippen LogP contribution in [-0.2, 0) is 14.3 Å². The van der Waals surface area contributed by atoms with Crippen LogP contribution in [0.5, 0.6) is 0 Å². The maximum absolute atomic E-state index is 12.4. The van der Waals surface area contributed by atoms with Crippen molar-refractivity contribution in [1.82, 2.24) is 10.6 Å². The minimum absolute atomic E-state index is 0.0448. The Morgan fingerprint density at radius 3 is 2.23 bits per heavy atom. The number of carbonyl (C=O) groups excluding carboxylic acids is 3. The van der Waals surface area contributed by atoms with E-state index in [1.165, 1.54) is 6.08 Å². The van der Waals surface area contributed by atoms with Crippen LogP contribution < -0.4 is 16.0 Å². The topological polar surface area (TPSA) is 96.5 Å². The van der Waals surface area contributed by atoms with Crippen molar-refractivity contribution in [2.75, 3.05) is 11.9 Å². The number of carbonyl (C=O) groups is 3. The molecule has 0 heterocycles. The number of ether oxygens (including phenoxy) is 1. The zero-order valence-electron chi connectivity index (χ0n) is 15.4. The molecular weight excluding hydrogens is 334 g/mol. The lowest BCUT2D eigenvalue weighted by molar-refractivity contribution is -0.128. The molecule has 0 saturated carbocycles. The molecule has 3 amide bonds. The van der Waals surface area contributed by atoms with Crippen LogP contribution in [-0.4, -0.2) is 36.6 Å². The van der Waals surface area contributed by atoms with Crippen molar-refractivity contribution in [2.45, 2.75) is 32.9 Å². The van der Waals surface area contributed by atoms with Crippen LogP contribution >= 0.6 is 0 Å². The van der Waals surface area contributed by atoms with Gasteiger partial charge in [0, 0.05) is 5.69 Å². The van der Waals surface area contributed by atoms with Gasteiger partial charge in [0.15, 0.2) is 0 Å². The maximum Gasteiger partial charge on any atom is 0.408 e. The fourth-order valence-electron chi connectivity index (χ4n) is 2.05. The summed E-state index contributed by atoms with van der Waals surface area (Å²) in [6, 6.07) is 5.38. The van der Waals surface area contributed by atoms with Crippen LogP contribution in [0.15, 0.2) is 36.9 Å². The van der Waals surface area contributed by atoms with Crippen LogP contribution in [0.2, 0.25) is 0 Å². The fraction of sp³-hybridized carbons (Fsp3) is 0.368. The van der Waals surface area contributed by atoms with Crippen LogP contribution in [0, 0.1) is 12.8 Å². The summed E-state index contributed by atoms with van der Waals surface area (Å²) in [6.07, 6.45) is 0.710. The van der Waals surface area contributed by atoms with Crippen molar-refractivity contribution < 1.29 is 19.1 Å². The Bertz CT molecular complexity index is 641. The summed E-state index contributed by atoms with van der Waals surface area (Å²) >= 11 is 0. The Kier molecular flexibility index (Phi) is 8.34. The molecule has 2 atom stereocenters. The van der Waals surface area contributed by atoms with Gasteiger partial charge in [0.25, 0.3) is 0 Å². The number of anilines is 1. The highest BCUT2D eigenvalue weighted by atomic mass is 16.5. The standard InChI is InChI=1S/C19H26N3O4/c1-6-11-26-19(25)22-16(12(2)3)18(24)20-14(5)17(23)21-15-9-7-13(4)8-10-15/h6-10,12,14,16H,1,4,11H2,2-3,5H3,(H,20,24)(H,21,23)(H,22,25)/t14-,16-/m0/s1. The van der Waals surface area contributed by atoms with E-state index in [0.29, 0.717) is 5.69 Å². The SMILES string of the molecule is [CH2]c1ccc(NC(=O)[C@H](C)NC(=O)[C@@H](NC(=O)OCC=C)C(C)C)cc1. The number of hydrogen-bond acceptors (Lipinski definition) is 4. The number of alkyl carbamates (subject to hydrolysis) is 1. The molecule has 0 aliphatic heterocycles. The first kappa shape index (κ1) is 21.2. The second kappa shape index (κ2) is 10.2. The highest BCUT2D eigenvalue weighted by Gasteiger charge is 2.27. The van der Waals surface area contributed by atoms with Crippen molar-refractivity contribution >= 4 is 23.6 Å². The number of nitrogens with one attached hydrogen (secondary N) is 3. The van der Waals surface area contributed by atoms with Gasteiger partial charge in [0.1, 0.15) is 18.7 Å². The van der Waals surface area contributed by atoms with Gasteiger partial charge < -0.3 is 20.7 Å². The minimum atomic E-state index is -0.826. The zero-order chi connectivity index (χ0) is 19.7. The molecule has 0 aliphatic rings. The van der Waals surface area contributed by atoms with Crippen molar-refractivity contribution in [3.8, 4) is 0 Å². The van der Waals surface area contributed by atoms with Crippen molar-refractivity contribution in [2.24, 2.45) is 5.92 Å². The number of benzene rings is 1. The normalized spacial score (nSPS) is 12.7. The molecule has 0 aromatic heterocycles. The third kappa shape index (κ3) is 6.96. The largest absolute Gasteiger partial charge is 0.445 e. The van der Waals surface area contributed by atoms with Crippen LogP contribution in [0.25, 0.3) is 0 Å². The van der Waals surface area contributed by atoms with E-state index >= 15 is 0 Å². The van der Waals surface area contributed by atoms with Gasteiger partial charge >= 0.3 is 6.09 Å². The number of amides is 3. The molecule has 0 bridgehead atoms. The lowest BCUT2D eigenvalue weighted by atomic mass is 10.0. The molecular formula is C19H26N3O4. The van der Waals surface area contributed by atoms with Gasteiger partial charge in [-0.15, -0.1) is 0 Å². The highest BCUT2D eigenvalue weighted by molar-refractivity contribution is 5.98. The molecule has 1 aromatic carbocycles. The Morgan fingerprint density at radius 2 is 1.69 bits per heavy atom. The van der Waals surface area contributed by atoms with E-state index in [9.17, 15) is 14.4 Å². The van der Waals surface area contributed by atoms with E-state index in [1.807, 2.05) is 0 Å². The predicted molar refractivity (Wildman–Crippen MR) is 100 cm³/mol. The van der Waals surface area contributed by atoms with Crippen molar-refractivity contribution in [1.29, 1.82) is 0 Å². The van der Waals surface area contributed by atoms with E-state index in [0.717, 1.165) is 5.56 Å². The second-order valence-electron chi connectivity index (χ2n) is 6.17. The first-order chi connectivity index (χ1) is 12.2. The van der Waals surface area contributed by atoms with E-state index in [-0.39, 0.29) is 18.4 Å². The summed E-state index contributed by atoms with van der Waals surface area (Å²) in [4.78, 5) is 36.3. The minimum Gasteiger partial charge on any atom is -0.445 e. The van der Waals surface area contributed by atoms with Gasteiger partial charge in [-0.3, -0.25) is 9.59 Å². The van der Waals surface area contributed by atoms with Gasteiger partial charge in [-0.1, -0.05) is 38.6 Å². The second-order valence-corrected chi connectivity index (χ2v) is 6.17. The summed E-state index contributed by atoms with van der Waals surface area (Å²) in [5.41, 5.74) is 1.44. The Hall–Kier alpha value is -2.83. The molecule has 1 rings (SSSR count). The number of rotatable bonds is 8. The zero-order valence-corrected chi connectivity index (χ0v) is 15.4. The first-order valence-corrected chi connectivity index (χ1v) is 8.32. The summed E-state index contributed by atoms with van der Waals surface area (Å²) in [5.74, 6) is -1.02. The Labute approximate surface area is 154 Å². The van der Waals surface area contributed by atoms with Gasteiger partial charge in [-0.05, 0) is 37.5 Å². The fourth-order valence-corrected chi connectivity index (χ4v) is 2.05. The van der Waals surface area contributed by atoms with Gasteiger partial charge in [-0.25, -0.2) is 4.79 Å². The molecule has 0 spiro atoms. The van der Waals surface area contributed by atoms with Crippen LogP contribution in [0.4, 0.5) is 10.5 Å². The molecule has 141 valence electrons. The molecule has 0 saturated heterocycles. The van der Waals surface area contributed by atoms with Gasteiger partial charge in [-0.2, -0.15) is 0 Å². The first-order valence-electron chi connectivity index (χ1n) is 8.32. The smallest absolute Gasteiger partial charge is 0.408 e. The average molecular weight is 360 g/mol. The quantitative estimate of drug-likeness (QED) is 0.620. The summed E-state index contributed by atoms with van der Waals surface area (Å²) in [5, 5.41) is 7.80. The summed E-state index contributed by atoms with van der Waals surface area (Å²) < 4.78 is 4.83. The van der Waals surface area contributed by atoms with E-state index in [4.69, 9.17) is 4.74 Å². The highest BCUT2D eigenvalue weighted by Crippen LogP contribution is 2.09. The molecule has 1 radical (unpaired) electrons. The molecule has 1 aromatic rings. The van der Waals surface area contributed by atoms with E-state index < -0.39 is 24.1 Å². The van der Waals surface area contributed by atoms with E-state index in [2.05, 4.69) is 29.5 Å². The van der Waals surface area contributed by atoms with Crippen LogP contribution in [0.1, 0.15) is 26.3 Å².